The molecule has 0 atom stereocenters. The van der Waals surface area contributed by atoms with Gasteiger partial charge in [-0.1, -0.05) is 6.07 Å². The van der Waals surface area contributed by atoms with Gasteiger partial charge in [-0.3, -0.25) is 4.21 Å². The van der Waals surface area contributed by atoms with Crippen LogP contribution in [0.5, 0.6) is 0 Å². The summed E-state index contributed by atoms with van der Waals surface area (Å²) >= 11 is 8.99. The standard InChI is InChI=1S/C11H13BrClNO3S2/c12-10-7-9(8-13)1-2-11(10)19(16,17)14-3-5-18(15)6-4-14/h1-2,7H,3-6,8H2. The first-order valence-corrected chi connectivity index (χ1v) is 9.90. The fourth-order valence-electron chi connectivity index (χ4n) is 1.84. The summed E-state index contributed by atoms with van der Waals surface area (Å²) in [7, 11) is -4.43. The highest BCUT2D eigenvalue weighted by Crippen LogP contribution is 2.27. The molecule has 19 heavy (non-hydrogen) atoms. The zero-order valence-corrected chi connectivity index (χ0v) is 14.0. The summed E-state index contributed by atoms with van der Waals surface area (Å²) in [5, 5.41) is 0. The lowest BCUT2D eigenvalue weighted by Gasteiger charge is -2.26. The van der Waals surface area contributed by atoms with E-state index >= 15 is 0 Å². The summed E-state index contributed by atoms with van der Waals surface area (Å²) < 4.78 is 38.1. The summed E-state index contributed by atoms with van der Waals surface area (Å²) in [4.78, 5) is 0.231. The minimum absolute atomic E-state index is 0.231. The van der Waals surface area contributed by atoms with Gasteiger partial charge in [0, 0.05) is 45.7 Å². The molecule has 1 aromatic rings. The van der Waals surface area contributed by atoms with Crippen LogP contribution < -0.4 is 0 Å². The first-order chi connectivity index (χ1) is 8.95. The average Bonchev–Trinajstić information content (AvgIpc) is 2.38. The first kappa shape index (κ1) is 15.4. The molecule has 0 bridgehead atoms. The fourth-order valence-corrected chi connectivity index (χ4v) is 5.81. The van der Waals surface area contributed by atoms with Crippen LogP contribution in [0, 0.1) is 0 Å². The number of rotatable bonds is 3. The molecule has 0 amide bonds. The van der Waals surface area contributed by atoms with Gasteiger partial charge in [0.2, 0.25) is 10.0 Å². The van der Waals surface area contributed by atoms with Gasteiger partial charge in [0.05, 0.1) is 4.90 Å². The van der Waals surface area contributed by atoms with Crippen LogP contribution in [0.4, 0.5) is 0 Å². The highest BCUT2D eigenvalue weighted by molar-refractivity contribution is 9.10. The topological polar surface area (TPSA) is 54.5 Å². The monoisotopic (exact) mass is 385 g/mol. The van der Waals surface area contributed by atoms with E-state index in [9.17, 15) is 12.6 Å². The summed E-state index contributed by atoms with van der Waals surface area (Å²) in [5.74, 6) is 1.13. The Morgan fingerprint density at radius 2 is 1.95 bits per heavy atom. The van der Waals surface area contributed by atoms with Gasteiger partial charge < -0.3 is 0 Å². The van der Waals surface area contributed by atoms with Crippen molar-refractivity contribution in [2.24, 2.45) is 0 Å². The summed E-state index contributed by atoms with van der Waals surface area (Å²) in [6.07, 6.45) is 0. The van der Waals surface area contributed by atoms with Gasteiger partial charge in [0.15, 0.2) is 0 Å². The molecule has 0 spiro atoms. The predicted octanol–water partition coefficient (Wildman–Crippen LogP) is 1.94. The van der Waals surface area contributed by atoms with Crippen molar-refractivity contribution in [2.75, 3.05) is 24.6 Å². The van der Waals surface area contributed by atoms with Crippen molar-refractivity contribution in [1.82, 2.24) is 4.31 Å². The van der Waals surface area contributed by atoms with Gasteiger partial charge in [0.1, 0.15) is 0 Å². The molecule has 0 unspecified atom stereocenters. The van der Waals surface area contributed by atoms with Crippen LogP contribution in [-0.2, 0) is 26.7 Å². The fraction of sp³-hybridized carbons (Fsp3) is 0.455. The van der Waals surface area contributed by atoms with Crippen molar-refractivity contribution in [1.29, 1.82) is 0 Å². The van der Waals surface area contributed by atoms with Crippen molar-refractivity contribution in [3.8, 4) is 0 Å². The lowest BCUT2D eigenvalue weighted by molar-refractivity contribution is 0.438. The Kier molecular flexibility index (Phi) is 5.05. The third-order valence-corrected chi connectivity index (χ3v) is 7.36. The normalized spacial score (nSPS) is 18.6. The maximum Gasteiger partial charge on any atom is 0.244 e. The quantitative estimate of drug-likeness (QED) is 0.746. The summed E-state index contributed by atoms with van der Waals surface area (Å²) in [6.45, 7) is 0.608. The number of benzene rings is 1. The molecule has 8 heteroatoms. The van der Waals surface area contributed by atoms with E-state index in [0.717, 1.165) is 5.56 Å². The molecule has 106 valence electrons. The molecular weight excluding hydrogens is 374 g/mol. The Bertz CT molecular complexity index is 596. The minimum atomic E-state index is -3.53. The Morgan fingerprint density at radius 3 is 2.47 bits per heavy atom. The van der Waals surface area contributed by atoms with E-state index in [0.29, 0.717) is 34.9 Å². The largest absolute Gasteiger partial charge is 0.259 e. The molecule has 0 radical (unpaired) electrons. The zero-order chi connectivity index (χ0) is 14.0. The van der Waals surface area contributed by atoms with E-state index in [1.165, 1.54) is 4.31 Å². The average molecular weight is 387 g/mol. The van der Waals surface area contributed by atoms with Crippen LogP contribution in [-0.4, -0.2) is 41.5 Å². The third-order valence-electron chi connectivity index (χ3n) is 2.91. The third kappa shape index (κ3) is 3.39. The van der Waals surface area contributed by atoms with Gasteiger partial charge in [-0.2, -0.15) is 4.31 Å². The van der Waals surface area contributed by atoms with E-state index in [1.807, 2.05) is 0 Å². The zero-order valence-electron chi connectivity index (χ0n) is 10.0. The molecule has 0 aliphatic carbocycles. The van der Waals surface area contributed by atoms with Crippen LogP contribution in [0.25, 0.3) is 0 Å². The number of nitrogens with zero attached hydrogens (tertiary/aromatic N) is 1. The summed E-state index contributed by atoms with van der Waals surface area (Å²) in [6, 6.07) is 4.97. The van der Waals surface area contributed by atoms with Gasteiger partial charge in [0.25, 0.3) is 0 Å². The van der Waals surface area contributed by atoms with E-state index in [-0.39, 0.29) is 4.90 Å². The van der Waals surface area contributed by atoms with Crippen molar-refractivity contribution in [2.45, 2.75) is 10.8 Å². The lowest BCUT2D eigenvalue weighted by atomic mass is 10.2. The molecule has 1 aromatic carbocycles. The second-order valence-corrected chi connectivity index (χ2v) is 8.87. The molecule has 1 heterocycles. The van der Waals surface area contributed by atoms with Gasteiger partial charge in [-0.05, 0) is 33.6 Å². The van der Waals surface area contributed by atoms with E-state index in [4.69, 9.17) is 11.6 Å². The van der Waals surface area contributed by atoms with Crippen LogP contribution in [0.3, 0.4) is 0 Å². The molecule has 2 rings (SSSR count). The van der Waals surface area contributed by atoms with E-state index in [1.54, 1.807) is 18.2 Å². The number of alkyl halides is 1. The molecule has 1 fully saturated rings. The van der Waals surface area contributed by atoms with Crippen molar-refractivity contribution < 1.29 is 12.6 Å². The smallest absolute Gasteiger partial charge is 0.244 e. The number of sulfonamides is 1. The van der Waals surface area contributed by atoms with Crippen LogP contribution in [0.1, 0.15) is 5.56 Å². The SMILES string of the molecule is O=S1CCN(S(=O)(=O)c2ccc(CCl)cc2Br)CC1. The minimum Gasteiger partial charge on any atom is -0.259 e. The maximum atomic E-state index is 12.5. The molecule has 4 nitrogen and oxygen atoms in total. The molecule has 1 saturated heterocycles. The van der Waals surface area contributed by atoms with Crippen LogP contribution in [0.2, 0.25) is 0 Å². The van der Waals surface area contributed by atoms with Crippen LogP contribution in [0.15, 0.2) is 27.6 Å². The Balaban J connectivity index is 2.31. The van der Waals surface area contributed by atoms with Crippen molar-refractivity contribution in [3.05, 3.63) is 28.2 Å². The molecule has 0 N–H and O–H groups in total. The number of halogens is 2. The van der Waals surface area contributed by atoms with E-state index in [2.05, 4.69) is 15.9 Å². The highest BCUT2D eigenvalue weighted by atomic mass is 79.9. The van der Waals surface area contributed by atoms with Crippen LogP contribution >= 0.6 is 27.5 Å². The van der Waals surface area contributed by atoms with E-state index < -0.39 is 20.8 Å². The Hall–Kier alpha value is 0.0500. The molecule has 1 aliphatic heterocycles. The van der Waals surface area contributed by atoms with Gasteiger partial charge >= 0.3 is 0 Å². The molecule has 0 saturated carbocycles. The molecular formula is C11H13BrClNO3S2. The van der Waals surface area contributed by atoms with Crippen molar-refractivity contribution >= 4 is 48.4 Å². The van der Waals surface area contributed by atoms with Crippen molar-refractivity contribution in [3.63, 3.8) is 0 Å². The van der Waals surface area contributed by atoms with Gasteiger partial charge in [-0.15, -0.1) is 11.6 Å². The summed E-state index contributed by atoms with van der Waals surface area (Å²) in [5.41, 5.74) is 0.854. The predicted molar refractivity (Wildman–Crippen MR) is 80.3 cm³/mol. The number of hydrogen-bond donors (Lipinski definition) is 0. The maximum absolute atomic E-state index is 12.5. The number of hydrogen-bond acceptors (Lipinski definition) is 3. The van der Waals surface area contributed by atoms with Gasteiger partial charge in [-0.25, -0.2) is 8.42 Å². The molecule has 0 aromatic heterocycles. The Morgan fingerprint density at radius 1 is 1.32 bits per heavy atom. The second-order valence-electron chi connectivity index (χ2n) is 4.15. The second kappa shape index (κ2) is 6.22. The lowest BCUT2D eigenvalue weighted by Crippen LogP contribution is -2.41. The Labute approximate surface area is 128 Å². The highest BCUT2D eigenvalue weighted by Gasteiger charge is 2.29. The first-order valence-electron chi connectivity index (χ1n) is 5.64. The molecule has 1 aliphatic rings.